The molecule has 1 fully saturated rings. The molecule has 0 saturated heterocycles. The van der Waals surface area contributed by atoms with Crippen molar-refractivity contribution in [2.24, 2.45) is 11.8 Å². The van der Waals surface area contributed by atoms with Gasteiger partial charge in [-0.1, -0.05) is 39.8 Å². The number of phenolic OH excluding ortho intramolecular Hbond substituents is 1. The van der Waals surface area contributed by atoms with Crippen LogP contribution in [0.5, 0.6) is 5.75 Å². The molecular weight excluding hydrogens is 466 g/mol. The number of rotatable bonds is 2. The number of benzene rings is 1. The van der Waals surface area contributed by atoms with E-state index in [4.69, 9.17) is 0 Å². The molecule has 3 aliphatic rings. The van der Waals surface area contributed by atoms with E-state index < -0.39 is 75.4 Å². The number of aliphatic hydroxyl groups excluding tert-OH is 3. The summed E-state index contributed by atoms with van der Waals surface area (Å²) in [6.07, 6.45) is -1.57. The molecule has 1 saturated carbocycles. The molecule has 0 aromatic heterocycles. The molecular formula is C27H33NO8. The Balaban J connectivity index is 2.07. The van der Waals surface area contributed by atoms with Crippen molar-refractivity contribution in [2.45, 2.75) is 63.7 Å². The molecule has 1 aromatic rings. The van der Waals surface area contributed by atoms with E-state index in [1.54, 1.807) is 19.1 Å². The number of carbonyl (C=O) groups excluding carboxylic acids is 3. The molecule has 5 N–H and O–H groups in total. The predicted octanol–water partition coefficient (Wildman–Crippen LogP) is 1.90. The normalized spacial score (nSPS) is 32.4. The SMILES string of the molecule is CC(=O)C1=C(O)[C@@]2(O)C(=O)C3=C(O)c4c(ccc(C(C)(C)C)c4O)[C@H](C)C3[C@H](O)C2[C@H](N(C)C)C1=O. The third-order valence-electron chi connectivity index (χ3n) is 8.04. The standard InChI is InChI=1S/C27H33NO8/c1-10-12-8-9-13(26(3,4)5)20(30)16(12)21(31)17-14(10)22(32)18-19(28(6)7)23(33)15(11(2)29)24(34)27(18,36)25(17)35/h8-10,14,18-19,22,30-32,34,36H,1-7H3/t10-,14?,18?,19-,22-,27+/m0/s1. The van der Waals surface area contributed by atoms with Crippen LogP contribution in [0.15, 0.2) is 29.0 Å². The third kappa shape index (κ3) is 3.16. The first-order chi connectivity index (χ1) is 16.5. The van der Waals surface area contributed by atoms with Gasteiger partial charge in [0.1, 0.15) is 22.8 Å². The number of fused-ring (bicyclic) bond motifs is 3. The summed E-state index contributed by atoms with van der Waals surface area (Å²) < 4.78 is 0. The minimum absolute atomic E-state index is 0.0232. The maximum absolute atomic E-state index is 14.0. The van der Waals surface area contributed by atoms with Crippen molar-refractivity contribution >= 4 is 23.1 Å². The number of ketones is 3. The number of phenols is 1. The molecule has 4 rings (SSSR count). The van der Waals surface area contributed by atoms with Gasteiger partial charge in [-0.05, 0) is 37.9 Å². The summed E-state index contributed by atoms with van der Waals surface area (Å²) in [5, 5.41) is 56.8. The van der Waals surface area contributed by atoms with Crippen LogP contribution in [0.2, 0.25) is 0 Å². The first kappa shape index (κ1) is 26.1. The highest BCUT2D eigenvalue weighted by Gasteiger charge is 2.68. The van der Waals surface area contributed by atoms with Gasteiger partial charge in [0.05, 0.1) is 23.6 Å². The van der Waals surface area contributed by atoms with Crippen LogP contribution < -0.4 is 0 Å². The first-order valence-electron chi connectivity index (χ1n) is 11.9. The average Bonchev–Trinajstić information content (AvgIpc) is 2.75. The fourth-order valence-corrected chi connectivity index (χ4v) is 6.32. The van der Waals surface area contributed by atoms with Gasteiger partial charge in [-0.15, -0.1) is 0 Å². The smallest absolute Gasteiger partial charge is 0.202 e. The molecule has 0 aliphatic heterocycles. The number of aliphatic hydroxyl groups is 4. The van der Waals surface area contributed by atoms with Crippen LogP contribution >= 0.6 is 0 Å². The van der Waals surface area contributed by atoms with Crippen molar-refractivity contribution < 1.29 is 39.9 Å². The lowest BCUT2D eigenvalue weighted by molar-refractivity contribution is -0.169. The average molecular weight is 500 g/mol. The number of aromatic hydroxyl groups is 1. The van der Waals surface area contributed by atoms with Gasteiger partial charge in [-0.3, -0.25) is 19.3 Å². The van der Waals surface area contributed by atoms with Crippen LogP contribution in [0.3, 0.4) is 0 Å². The quantitative estimate of drug-likeness (QED) is 0.384. The Morgan fingerprint density at radius 2 is 1.67 bits per heavy atom. The summed E-state index contributed by atoms with van der Waals surface area (Å²) in [6.45, 7) is 8.39. The number of Topliss-reactive ketones (excluding diaryl/α,β-unsaturated/α-hetero) is 3. The lowest BCUT2D eigenvalue weighted by atomic mass is 9.54. The van der Waals surface area contributed by atoms with Crippen molar-refractivity contribution in [1.82, 2.24) is 4.90 Å². The summed E-state index contributed by atoms with van der Waals surface area (Å²) >= 11 is 0. The van der Waals surface area contributed by atoms with Crippen LogP contribution in [-0.2, 0) is 19.8 Å². The van der Waals surface area contributed by atoms with Crippen LogP contribution in [0, 0.1) is 11.8 Å². The molecule has 0 spiro atoms. The molecule has 0 amide bonds. The molecule has 194 valence electrons. The Morgan fingerprint density at radius 3 is 2.17 bits per heavy atom. The lowest BCUT2D eigenvalue weighted by Crippen LogP contribution is -2.70. The molecule has 6 atom stereocenters. The van der Waals surface area contributed by atoms with Crippen LogP contribution in [0.1, 0.15) is 57.2 Å². The van der Waals surface area contributed by atoms with E-state index in [0.717, 1.165) is 6.92 Å². The number of hydrogen-bond acceptors (Lipinski definition) is 9. The van der Waals surface area contributed by atoms with E-state index in [1.807, 2.05) is 20.8 Å². The van der Waals surface area contributed by atoms with Gasteiger partial charge in [0.25, 0.3) is 0 Å². The van der Waals surface area contributed by atoms with E-state index in [9.17, 15) is 39.9 Å². The van der Waals surface area contributed by atoms with Crippen molar-refractivity contribution in [2.75, 3.05) is 14.1 Å². The Hall–Kier alpha value is -3.01. The number of nitrogens with zero attached hydrogens (tertiary/aromatic N) is 1. The van der Waals surface area contributed by atoms with Crippen molar-refractivity contribution in [3.8, 4) is 5.75 Å². The molecule has 2 unspecified atom stereocenters. The maximum Gasteiger partial charge on any atom is 0.202 e. The highest BCUT2D eigenvalue weighted by Crippen LogP contribution is 2.56. The van der Waals surface area contributed by atoms with Gasteiger partial charge >= 0.3 is 0 Å². The van der Waals surface area contributed by atoms with E-state index in [1.165, 1.54) is 19.0 Å². The highest BCUT2D eigenvalue weighted by atomic mass is 16.4. The monoisotopic (exact) mass is 499 g/mol. The Morgan fingerprint density at radius 1 is 1.08 bits per heavy atom. The second kappa shape index (κ2) is 7.99. The molecule has 36 heavy (non-hydrogen) atoms. The summed E-state index contributed by atoms with van der Waals surface area (Å²) in [6, 6.07) is 2.17. The second-order valence-electron chi connectivity index (χ2n) is 11.4. The fraction of sp³-hybridized carbons (Fsp3) is 0.519. The number of carbonyl (C=O) groups is 3. The zero-order valence-corrected chi connectivity index (χ0v) is 21.4. The molecule has 0 heterocycles. The van der Waals surface area contributed by atoms with Crippen LogP contribution in [0.4, 0.5) is 0 Å². The van der Waals surface area contributed by atoms with Gasteiger partial charge in [0.15, 0.2) is 17.2 Å². The van der Waals surface area contributed by atoms with Crippen molar-refractivity contribution in [1.29, 1.82) is 0 Å². The van der Waals surface area contributed by atoms with Crippen LogP contribution in [-0.4, -0.2) is 79.6 Å². The van der Waals surface area contributed by atoms with Gasteiger partial charge in [-0.2, -0.15) is 0 Å². The largest absolute Gasteiger partial charge is 0.508 e. The summed E-state index contributed by atoms with van der Waals surface area (Å²) in [5.74, 6) is -7.88. The summed E-state index contributed by atoms with van der Waals surface area (Å²) in [4.78, 5) is 40.9. The summed E-state index contributed by atoms with van der Waals surface area (Å²) in [5.41, 5.74) is -3.36. The van der Waals surface area contributed by atoms with Gasteiger partial charge in [-0.25, -0.2) is 0 Å². The highest BCUT2D eigenvalue weighted by molar-refractivity contribution is 6.25. The van der Waals surface area contributed by atoms with Gasteiger partial charge in [0, 0.05) is 17.1 Å². The predicted molar refractivity (Wildman–Crippen MR) is 131 cm³/mol. The Bertz CT molecular complexity index is 1270. The molecule has 3 aliphatic carbocycles. The van der Waals surface area contributed by atoms with E-state index >= 15 is 0 Å². The second-order valence-corrected chi connectivity index (χ2v) is 11.4. The summed E-state index contributed by atoms with van der Waals surface area (Å²) in [7, 11) is 3.02. The molecule has 9 heteroatoms. The maximum atomic E-state index is 14.0. The minimum atomic E-state index is -2.84. The fourth-order valence-electron chi connectivity index (χ4n) is 6.32. The van der Waals surface area contributed by atoms with Crippen molar-refractivity contribution in [3.63, 3.8) is 0 Å². The van der Waals surface area contributed by atoms with E-state index in [-0.39, 0.29) is 16.9 Å². The Labute approximate surface area is 209 Å². The number of likely N-dealkylation sites (N-methyl/N-ethyl adjacent to an activating group) is 1. The number of hydrogen-bond donors (Lipinski definition) is 5. The van der Waals surface area contributed by atoms with Crippen LogP contribution in [0.25, 0.3) is 5.76 Å². The lowest BCUT2D eigenvalue weighted by Gasteiger charge is -2.53. The van der Waals surface area contributed by atoms with Crippen molar-refractivity contribution in [3.05, 3.63) is 45.7 Å². The minimum Gasteiger partial charge on any atom is -0.508 e. The van der Waals surface area contributed by atoms with E-state index in [2.05, 4.69) is 0 Å². The van der Waals surface area contributed by atoms with Gasteiger partial charge in [0.2, 0.25) is 5.78 Å². The zero-order chi connectivity index (χ0) is 27.2. The molecule has 1 aromatic carbocycles. The topological polar surface area (TPSA) is 156 Å². The van der Waals surface area contributed by atoms with Gasteiger partial charge < -0.3 is 25.5 Å². The third-order valence-corrected chi connectivity index (χ3v) is 8.04. The molecule has 0 radical (unpaired) electrons. The molecule has 9 nitrogen and oxygen atoms in total. The van der Waals surface area contributed by atoms with E-state index in [0.29, 0.717) is 11.1 Å². The zero-order valence-electron chi connectivity index (χ0n) is 21.4. The first-order valence-corrected chi connectivity index (χ1v) is 11.9. The Kier molecular flexibility index (Phi) is 5.79. The molecule has 0 bridgehead atoms.